The van der Waals surface area contributed by atoms with E-state index in [4.69, 9.17) is 9.15 Å². The lowest BCUT2D eigenvalue weighted by atomic mass is 9.98. The molecule has 0 bridgehead atoms. The number of carbonyl (C=O) groups excluding carboxylic acids is 1. The normalized spacial score (nSPS) is 17.9. The Labute approximate surface area is 135 Å². The molecule has 1 aliphatic heterocycles. The Kier molecular flexibility index (Phi) is 4.71. The maximum absolute atomic E-state index is 12.0. The number of likely N-dealkylation sites (tertiary alicyclic amines) is 1. The number of hydrogen-bond acceptors (Lipinski definition) is 5. The van der Waals surface area contributed by atoms with Crippen LogP contribution in [0, 0.1) is 12.8 Å². The van der Waals surface area contributed by atoms with E-state index in [1.165, 1.54) is 5.56 Å². The summed E-state index contributed by atoms with van der Waals surface area (Å²) >= 11 is 0. The number of amides is 1. The van der Waals surface area contributed by atoms with Crippen LogP contribution >= 0.6 is 0 Å². The first-order valence-corrected chi connectivity index (χ1v) is 7.82. The lowest BCUT2D eigenvalue weighted by molar-refractivity contribution is -0.128. The Morgan fingerprint density at radius 2 is 2.09 bits per heavy atom. The highest BCUT2D eigenvalue weighted by molar-refractivity contribution is 5.78. The molecule has 2 aromatic rings. The van der Waals surface area contributed by atoms with E-state index in [1.807, 2.05) is 17.0 Å². The van der Waals surface area contributed by atoms with Crippen molar-refractivity contribution in [2.45, 2.75) is 19.8 Å². The molecule has 1 aromatic heterocycles. The summed E-state index contributed by atoms with van der Waals surface area (Å²) in [6, 6.07) is 8.11. The first-order valence-electron chi connectivity index (χ1n) is 7.82. The molecular formula is C17H21N3O3. The van der Waals surface area contributed by atoms with Crippen LogP contribution in [0.2, 0.25) is 0 Å². The van der Waals surface area contributed by atoms with E-state index >= 15 is 0 Å². The van der Waals surface area contributed by atoms with Gasteiger partial charge in [-0.15, -0.1) is 10.2 Å². The van der Waals surface area contributed by atoms with Gasteiger partial charge in [0.2, 0.25) is 17.7 Å². The minimum absolute atomic E-state index is 0.227. The van der Waals surface area contributed by atoms with Gasteiger partial charge in [-0.25, -0.2) is 0 Å². The van der Waals surface area contributed by atoms with Gasteiger partial charge in [0.05, 0.1) is 6.61 Å². The first-order chi connectivity index (χ1) is 11.2. The summed E-state index contributed by atoms with van der Waals surface area (Å²) in [5.74, 6) is 1.70. The molecule has 0 radical (unpaired) electrons. The van der Waals surface area contributed by atoms with Crippen molar-refractivity contribution in [1.82, 2.24) is 15.1 Å². The lowest BCUT2D eigenvalue weighted by Crippen LogP contribution is -2.28. The zero-order valence-electron chi connectivity index (χ0n) is 13.5. The zero-order valence-corrected chi connectivity index (χ0v) is 13.5. The summed E-state index contributed by atoms with van der Waals surface area (Å²) in [5, 5.41) is 7.86. The maximum Gasteiger partial charge on any atom is 0.247 e. The third kappa shape index (κ3) is 3.76. The summed E-state index contributed by atoms with van der Waals surface area (Å²) < 4.78 is 10.5. The molecule has 6 heteroatoms. The molecule has 1 saturated heterocycles. The quantitative estimate of drug-likeness (QED) is 0.816. The van der Waals surface area contributed by atoms with Gasteiger partial charge in [0, 0.05) is 39.1 Å². The maximum atomic E-state index is 12.0. The molecule has 1 amide bonds. The number of rotatable bonds is 6. The van der Waals surface area contributed by atoms with E-state index in [0.717, 1.165) is 18.5 Å². The fraction of sp³-hybridized carbons (Fsp3) is 0.471. The highest BCUT2D eigenvalue weighted by Gasteiger charge is 2.29. The molecule has 2 heterocycles. The van der Waals surface area contributed by atoms with E-state index < -0.39 is 0 Å². The van der Waals surface area contributed by atoms with Crippen molar-refractivity contribution < 1.29 is 13.9 Å². The predicted molar refractivity (Wildman–Crippen MR) is 84.7 cm³/mol. The molecule has 0 spiro atoms. The highest BCUT2D eigenvalue weighted by Crippen LogP contribution is 2.24. The minimum Gasteiger partial charge on any atom is -0.421 e. The second kappa shape index (κ2) is 6.91. The van der Waals surface area contributed by atoms with Crippen molar-refractivity contribution in [1.29, 1.82) is 0 Å². The van der Waals surface area contributed by atoms with E-state index in [1.54, 1.807) is 14.0 Å². The molecule has 3 rings (SSSR count). The molecular weight excluding hydrogens is 294 g/mol. The summed E-state index contributed by atoms with van der Waals surface area (Å²) in [6.07, 6.45) is 1.52. The summed E-state index contributed by atoms with van der Waals surface area (Å²) in [5.41, 5.74) is 2.13. The Bertz CT molecular complexity index is 666. The molecule has 23 heavy (non-hydrogen) atoms. The average Bonchev–Trinajstić information content (AvgIpc) is 3.12. The third-order valence-electron chi connectivity index (χ3n) is 4.11. The standard InChI is InChI=1S/C17H21N3O3/c1-12-18-19-17(23-12)15-5-3-13(4-6-15)9-14-10-16(21)20(11-14)7-8-22-2/h3-6,14H,7-11H2,1-2H3/t14-/m1/s1. The van der Waals surface area contributed by atoms with Gasteiger partial charge in [-0.3, -0.25) is 4.79 Å². The van der Waals surface area contributed by atoms with E-state index in [9.17, 15) is 4.79 Å². The fourth-order valence-corrected chi connectivity index (χ4v) is 2.94. The van der Waals surface area contributed by atoms with Crippen LogP contribution in [-0.4, -0.2) is 47.8 Å². The molecule has 0 N–H and O–H groups in total. The van der Waals surface area contributed by atoms with Crippen LogP contribution in [0.4, 0.5) is 0 Å². The number of aryl methyl sites for hydroxylation is 1. The van der Waals surface area contributed by atoms with Crippen LogP contribution < -0.4 is 0 Å². The van der Waals surface area contributed by atoms with Crippen LogP contribution in [0.1, 0.15) is 17.9 Å². The number of methoxy groups -OCH3 is 1. The number of ether oxygens (including phenoxy) is 1. The number of aromatic nitrogens is 2. The smallest absolute Gasteiger partial charge is 0.247 e. The first kappa shape index (κ1) is 15.7. The second-order valence-corrected chi connectivity index (χ2v) is 5.93. The van der Waals surface area contributed by atoms with Gasteiger partial charge < -0.3 is 14.1 Å². The molecule has 1 fully saturated rings. The molecule has 1 aromatic carbocycles. The predicted octanol–water partition coefficient (Wildman–Crippen LogP) is 2.08. The Hall–Kier alpha value is -2.21. The number of hydrogen-bond donors (Lipinski definition) is 0. The SMILES string of the molecule is COCCN1C[C@H](Cc2ccc(-c3nnc(C)o3)cc2)CC1=O. The molecule has 1 aliphatic rings. The molecule has 1 atom stereocenters. The number of nitrogens with zero attached hydrogens (tertiary/aromatic N) is 3. The van der Waals surface area contributed by atoms with Crippen LogP contribution in [0.25, 0.3) is 11.5 Å². The van der Waals surface area contributed by atoms with Crippen molar-refractivity contribution in [3.63, 3.8) is 0 Å². The lowest BCUT2D eigenvalue weighted by Gasteiger charge is -2.16. The Morgan fingerprint density at radius 1 is 1.30 bits per heavy atom. The Morgan fingerprint density at radius 3 is 2.74 bits per heavy atom. The fourth-order valence-electron chi connectivity index (χ4n) is 2.94. The summed E-state index contributed by atoms with van der Waals surface area (Å²) in [6.45, 7) is 3.86. The van der Waals surface area contributed by atoms with E-state index in [2.05, 4.69) is 22.3 Å². The van der Waals surface area contributed by atoms with Gasteiger partial charge in [-0.2, -0.15) is 0 Å². The summed E-state index contributed by atoms with van der Waals surface area (Å²) in [4.78, 5) is 13.9. The molecule has 0 unspecified atom stereocenters. The van der Waals surface area contributed by atoms with Crippen molar-refractivity contribution >= 4 is 5.91 Å². The van der Waals surface area contributed by atoms with Crippen molar-refractivity contribution in [3.05, 3.63) is 35.7 Å². The molecule has 6 nitrogen and oxygen atoms in total. The van der Waals surface area contributed by atoms with Crippen molar-refractivity contribution in [2.75, 3.05) is 26.8 Å². The summed E-state index contributed by atoms with van der Waals surface area (Å²) in [7, 11) is 1.66. The molecule has 122 valence electrons. The van der Waals surface area contributed by atoms with Gasteiger partial charge in [0.15, 0.2) is 0 Å². The minimum atomic E-state index is 0.227. The van der Waals surface area contributed by atoms with E-state index in [-0.39, 0.29) is 5.91 Å². The monoisotopic (exact) mass is 315 g/mol. The molecule has 0 aliphatic carbocycles. The number of carbonyl (C=O) groups is 1. The van der Waals surface area contributed by atoms with Crippen molar-refractivity contribution in [2.24, 2.45) is 5.92 Å². The second-order valence-electron chi connectivity index (χ2n) is 5.93. The van der Waals surface area contributed by atoms with Gasteiger partial charge in [-0.05, 0) is 30.0 Å². The van der Waals surface area contributed by atoms with Crippen LogP contribution in [0.15, 0.2) is 28.7 Å². The van der Waals surface area contributed by atoms with Crippen LogP contribution in [0.3, 0.4) is 0 Å². The van der Waals surface area contributed by atoms with Gasteiger partial charge >= 0.3 is 0 Å². The van der Waals surface area contributed by atoms with Crippen LogP contribution in [0.5, 0.6) is 0 Å². The zero-order chi connectivity index (χ0) is 16.2. The van der Waals surface area contributed by atoms with Crippen LogP contribution in [-0.2, 0) is 16.0 Å². The largest absolute Gasteiger partial charge is 0.421 e. The van der Waals surface area contributed by atoms with E-state index in [0.29, 0.717) is 37.3 Å². The third-order valence-corrected chi connectivity index (χ3v) is 4.11. The molecule has 0 saturated carbocycles. The Balaban J connectivity index is 1.59. The van der Waals surface area contributed by atoms with Gasteiger partial charge in [0.1, 0.15) is 0 Å². The highest BCUT2D eigenvalue weighted by atomic mass is 16.5. The van der Waals surface area contributed by atoms with Crippen molar-refractivity contribution in [3.8, 4) is 11.5 Å². The van der Waals surface area contributed by atoms with Gasteiger partial charge in [-0.1, -0.05) is 12.1 Å². The average molecular weight is 315 g/mol. The van der Waals surface area contributed by atoms with Gasteiger partial charge in [0.25, 0.3) is 0 Å². The number of benzene rings is 1. The topological polar surface area (TPSA) is 68.5 Å².